The predicted molar refractivity (Wildman–Crippen MR) is 99.4 cm³/mol. The van der Waals surface area contributed by atoms with Crippen LogP contribution < -0.4 is 5.32 Å². The number of aliphatic carboxylic acids is 1. The van der Waals surface area contributed by atoms with Crippen LogP contribution in [0.2, 0.25) is 0 Å². The number of thiophene rings is 1. The van der Waals surface area contributed by atoms with Gasteiger partial charge >= 0.3 is 11.9 Å². The molecule has 0 aromatic carbocycles. The zero-order valence-corrected chi connectivity index (χ0v) is 15.8. The Hall–Kier alpha value is -2.68. The summed E-state index contributed by atoms with van der Waals surface area (Å²) in [5.74, 6) is -1.89. The van der Waals surface area contributed by atoms with Gasteiger partial charge in [0.05, 0.1) is 23.9 Å². The van der Waals surface area contributed by atoms with E-state index in [2.05, 4.69) is 10.4 Å². The van der Waals surface area contributed by atoms with E-state index >= 15 is 0 Å². The summed E-state index contributed by atoms with van der Waals surface area (Å²) in [5.41, 5.74) is 1.66. The van der Waals surface area contributed by atoms with Gasteiger partial charge in [-0.3, -0.25) is 14.3 Å². The Balaban J connectivity index is 1.84. The number of aryl methyl sites for hydroxylation is 1. The number of anilines is 1. The van der Waals surface area contributed by atoms with Gasteiger partial charge in [-0.25, -0.2) is 4.79 Å². The van der Waals surface area contributed by atoms with Crippen LogP contribution >= 0.6 is 11.3 Å². The van der Waals surface area contributed by atoms with E-state index in [9.17, 15) is 14.4 Å². The Morgan fingerprint density at radius 2 is 2.11 bits per heavy atom. The van der Waals surface area contributed by atoms with Gasteiger partial charge in [0.15, 0.2) is 0 Å². The number of carboxylic acids is 1. The summed E-state index contributed by atoms with van der Waals surface area (Å²) in [6.45, 7) is 1.93. The SMILES string of the molecule is CCCOC(=O)c1c(NC(=O)c2cnn(CC(=O)O)c2)sc2c1CCCC2. The molecule has 0 saturated carbocycles. The minimum absolute atomic E-state index is 0.232. The molecule has 2 aromatic heterocycles. The topological polar surface area (TPSA) is 111 Å². The molecule has 27 heavy (non-hydrogen) atoms. The molecule has 3 rings (SSSR count). The number of carbonyl (C=O) groups excluding carboxylic acids is 2. The largest absolute Gasteiger partial charge is 0.480 e. The van der Waals surface area contributed by atoms with Gasteiger partial charge in [-0.1, -0.05) is 6.92 Å². The summed E-state index contributed by atoms with van der Waals surface area (Å²) in [7, 11) is 0. The van der Waals surface area contributed by atoms with Crippen LogP contribution in [0.15, 0.2) is 12.4 Å². The van der Waals surface area contributed by atoms with Crippen LogP contribution in [0.4, 0.5) is 5.00 Å². The fourth-order valence-electron chi connectivity index (χ4n) is 3.02. The van der Waals surface area contributed by atoms with E-state index in [1.54, 1.807) is 0 Å². The molecule has 0 saturated heterocycles. The number of carboxylic acid groups (broad SMARTS) is 1. The normalized spacial score (nSPS) is 13.1. The van der Waals surface area contributed by atoms with E-state index in [1.165, 1.54) is 28.4 Å². The van der Waals surface area contributed by atoms with Gasteiger partial charge in [0.1, 0.15) is 11.5 Å². The number of rotatable bonds is 7. The maximum absolute atomic E-state index is 12.6. The van der Waals surface area contributed by atoms with Gasteiger partial charge in [0.25, 0.3) is 5.91 Å². The predicted octanol–water partition coefficient (Wildman–Crippen LogP) is 2.73. The number of esters is 1. The minimum Gasteiger partial charge on any atom is -0.480 e. The molecule has 0 atom stereocenters. The monoisotopic (exact) mass is 391 g/mol. The average molecular weight is 391 g/mol. The van der Waals surface area contributed by atoms with Gasteiger partial charge in [0, 0.05) is 11.1 Å². The first-order valence-corrected chi connectivity index (χ1v) is 9.68. The fourth-order valence-corrected chi connectivity index (χ4v) is 4.29. The van der Waals surface area contributed by atoms with Crippen molar-refractivity contribution in [2.24, 2.45) is 0 Å². The summed E-state index contributed by atoms with van der Waals surface area (Å²) >= 11 is 1.41. The molecule has 0 spiro atoms. The number of carbonyl (C=O) groups is 3. The Kier molecular flexibility index (Phi) is 5.90. The maximum Gasteiger partial charge on any atom is 0.341 e. The number of hydrogen-bond donors (Lipinski definition) is 2. The molecule has 0 radical (unpaired) electrons. The molecule has 0 fully saturated rings. The number of hydrogen-bond acceptors (Lipinski definition) is 6. The van der Waals surface area contributed by atoms with E-state index in [0.717, 1.165) is 42.5 Å². The van der Waals surface area contributed by atoms with Crippen molar-refractivity contribution in [3.8, 4) is 0 Å². The molecule has 1 aliphatic rings. The van der Waals surface area contributed by atoms with Crippen LogP contribution in [0, 0.1) is 0 Å². The summed E-state index contributed by atoms with van der Waals surface area (Å²) in [4.78, 5) is 37.0. The standard InChI is InChI=1S/C18H21N3O5S/c1-2-7-26-18(25)15-12-5-3-4-6-13(12)27-17(15)20-16(24)11-8-19-21(9-11)10-14(22)23/h8-9H,2-7,10H2,1H3,(H,20,24)(H,22,23). The number of amides is 1. The number of ether oxygens (including phenoxy) is 1. The summed E-state index contributed by atoms with van der Waals surface area (Å²) < 4.78 is 6.49. The molecule has 2 aromatic rings. The molecular weight excluding hydrogens is 370 g/mol. The Bertz CT molecular complexity index is 870. The van der Waals surface area contributed by atoms with Crippen LogP contribution in [-0.4, -0.2) is 39.3 Å². The Labute approximate surface area is 160 Å². The van der Waals surface area contributed by atoms with E-state index < -0.39 is 17.8 Å². The second kappa shape index (κ2) is 8.34. The molecule has 0 aliphatic heterocycles. The first-order valence-electron chi connectivity index (χ1n) is 8.86. The van der Waals surface area contributed by atoms with Crippen molar-refractivity contribution >= 4 is 34.2 Å². The number of nitrogens with one attached hydrogen (secondary N) is 1. The second-order valence-electron chi connectivity index (χ2n) is 6.33. The molecule has 0 unspecified atom stereocenters. The number of nitrogens with zero attached hydrogens (tertiary/aromatic N) is 2. The quantitative estimate of drug-likeness (QED) is 0.702. The van der Waals surface area contributed by atoms with Crippen LogP contribution in [0.25, 0.3) is 0 Å². The Morgan fingerprint density at radius 3 is 2.85 bits per heavy atom. The third kappa shape index (κ3) is 4.36. The van der Waals surface area contributed by atoms with E-state index in [0.29, 0.717) is 17.2 Å². The van der Waals surface area contributed by atoms with Crippen LogP contribution in [-0.2, 0) is 28.9 Å². The molecule has 1 aliphatic carbocycles. The lowest BCUT2D eigenvalue weighted by molar-refractivity contribution is -0.137. The molecule has 0 bridgehead atoms. The van der Waals surface area contributed by atoms with Gasteiger partial charge in [-0.15, -0.1) is 11.3 Å². The van der Waals surface area contributed by atoms with Gasteiger partial charge in [-0.05, 0) is 37.7 Å². The average Bonchev–Trinajstić information content (AvgIpc) is 3.23. The zero-order valence-electron chi connectivity index (χ0n) is 15.0. The minimum atomic E-state index is -1.04. The van der Waals surface area contributed by atoms with Crippen molar-refractivity contribution in [2.75, 3.05) is 11.9 Å². The number of fused-ring (bicyclic) bond motifs is 1. The molecule has 1 amide bonds. The highest BCUT2D eigenvalue weighted by Crippen LogP contribution is 2.38. The van der Waals surface area contributed by atoms with Gasteiger partial charge in [0.2, 0.25) is 0 Å². The molecule has 9 heteroatoms. The maximum atomic E-state index is 12.6. The second-order valence-corrected chi connectivity index (χ2v) is 7.43. The van der Waals surface area contributed by atoms with Gasteiger partial charge < -0.3 is 15.2 Å². The fraction of sp³-hybridized carbons (Fsp3) is 0.444. The summed E-state index contributed by atoms with van der Waals surface area (Å²) in [6, 6.07) is 0. The van der Waals surface area contributed by atoms with Crippen molar-refractivity contribution in [3.63, 3.8) is 0 Å². The third-order valence-electron chi connectivity index (χ3n) is 4.23. The van der Waals surface area contributed by atoms with Crippen molar-refractivity contribution in [1.82, 2.24) is 9.78 Å². The summed E-state index contributed by atoms with van der Waals surface area (Å²) in [5, 5.41) is 15.9. The van der Waals surface area contributed by atoms with Crippen LogP contribution in [0.1, 0.15) is 57.3 Å². The lowest BCUT2D eigenvalue weighted by Crippen LogP contribution is -2.16. The third-order valence-corrected chi connectivity index (χ3v) is 5.44. The highest BCUT2D eigenvalue weighted by atomic mass is 32.1. The molecule has 144 valence electrons. The van der Waals surface area contributed by atoms with E-state index in [4.69, 9.17) is 9.84 Å². The van der Waals surface area contributed by atoms with Crippen molar-refractivity contribution in [1.29, 1.82) is 0 Å². The first-order chi connectivity index (χ1) is 13.0. The highest BCUT2D eigenvalue weighted by Gasteiger charge is 2.27. The molecule has 8 nitrogen and oxygen atoms in total. The van der Waals surface area contributed by atoms with Crippen LogP contribution in [0.3, 0.4) is 0 Å². The first kappa shape index (κ1) is 19.1. The molecular formula is C18H21N3O5S. The van der Waals surface area contributed by atoms with E-state index in [-0.39, 0.29) is 12.1 Å². The highest BCUT2D eigenvalue weighted by molar-refractivity contribution is 7.17. The lowest BCUT2D eigenvalue weighted by atomic mass is 9.95. The smallest absolute Gasteiger partial charge is 0.341 e. The van der Waals surface area contributed by atoms with Gasteiger partial charge in [-0.2, -0.15) is 5.10 Å². The van der Waals surface area contributed by atoms with Crippen molar-refractivity contribution in [2.45, 2.75) is 45.6 Å². The number of aromatic nitrogens is 2. The Morgan fingerprint density at radius 1 is 1.33 bits per heavy atom. The van der Waals surface area contributed by atoms with Crippen molar-refractivity contribution < 1.29 is 24.2 Å². The molecule has 2 heterocycles. The van der Waals surface area contributed by atoms with E-state index in [1.807, 2.05) is 6.92 Å². The molecule has 2 N–H and O–H groups in total. The van der Waals surface area contributed by atoms with Crippen molar-refractivity contribution in [3.05, 3.63) is 34.0 Å². The zero-order chi connectivity index (χ0) is 19.4. The summed E-state index contributed by atoms with van der Waals surface area (Å²) in [6.07, 6.45) is 7.16. The van der Waals surface area contributed by atoms with Crippen LogP contribution in [0.5, 0.6) is 0 Å². The lowest BCUT2D eigenvalue weighted by Gasteiger charge is -2.12.